The smallest absolute Gasteiger partial charge is 0.326 e. The van der Waals surface area contributed by atoms with Crippen LogP contribution >= 0.6 is 0 Å². The summed E-state index contributed by atoms with van der Waals surface area (Å²) >= 11 is 0. The van der Waals surface area contributed by atoms with Crippen LogP contribution in [0.5, 0.6) is 5.75 Å². The van der Waals surface area contributed by atoms with E-state index in [4.69, 9.17) is 5.11 Å². The molecule has 0 aromatic heterocycles. The van der Waals surface area contributed by atoms with E-state index >= 15 is 0 Å². The molecule has 1 unspecified atom stereocenters. The Kier molecular flexibility index (Phi) is 3.82. The maximum atomic E-state index is 12.8. The Hall–Kier alpha value is -2.11. The third kappa shape index (κ3) is 2.94. The van der Waals surface area contributed by atoms with Gasteiger partial charge in [-0.15, -0.1) is 0 Å². The molecule has 1 amide bonds. The molecule has 1 rings (SSSR count). The zero-order valence-corrected chi connectivity index (χ0v) is 8.18. The predicted molar refractivity (Wildman–Crippen MR) is 52.4 cm³/mol. The molecule has 0 aliphatic carbocycles. The number of phenols is 1. The number of carbonyl (C=O) groups is 2. The van der Waals surface area contributed by atoms with Crippen LogP contribution in [0.1, 0.15) is 5.56 Å². The molecule has 0 bridgehead atoms. The minimum absolute atomic E-state index is 0.127. The molecule has 0 aliphatic heterocycles. The van der Waals surface area contributed by atoms with Gasteiger partial charge in [-0.3, -0.25) is 4.79 Å². The number of nitrogens with one attached hydrogen (secondary N) is 1. The Balaban J connectivity index is 2.88. The number of aliphatic carboxylic acids is 1. The number of rotatable bonds is 5. The molecule has 0 aliphatic rings. The first kappa shape index (κ1) is 12.0. The van der Waals surface area contributed by atoms with Crippen molar-refractivity contribution in [2.75, 3.05) is 0 Å². The van der Waals surface area contributed by atoms with Crippen molar-refractivity contribution in [3.63, 3.8) is 0 Å². The summed E-state index contributed by atoms with van der Waals surface area (Å²) in [6.07, 6.45) is 0.0623. The number of phenolic OH excluding ortho intramolecular Hbond substituents is 1. The van der Waals surface area contributed by atoms with Gasteiger partial charge in [-0.1, -0.05) is 0 Å². The van der Waals surface area contributed by atoms with Gasteiger partial charge in [-0.2, -0.15) is 0 Å². The van der Waals surface area contributed by atoms with Gasteiger partial charge in [0.15, 0.2) is 0 Å². The third-order valence-electron chi connectivity index (χ3n) is 2.03. The molecule has 1 aromatic rings. The number of carboxylic acid groups (broad SMARTS) is 1. The van der Waals surface area contributed by atoms with Crippen molar-refractivity contribution < 1.29 is 24.2 Å². The second-order valence-electron chi connectivity index (χ2n) is 3.15. The average molecular weight is 227 g/mol. The van der Waals surface area contributed by atoms with Crippen LogP contribution in [0.25, 0.3) is 0 Å². The van der Waals surface area contributed by atoms with Gasteiger partial charge in [-0.25, -0.2) is 9.18 Å². The number of carbonyl (C=O) groups excluding carboxylic acids is 1. The van der Waals surface area contributed by atoms with Crippen LogP contribution in [0.3, 0.4) is 0 Å². The average Bonchev–Trinajstić information content (AvgIpc) is 2.22. The lowest BCUT2D eigenvalue weighted by molar-refractivity contribution is -0.140. The number of hydrogen-bond acceptors (Lipinski definition) is 3. The van der Waals surface area contributed by atoms with Crippen LogP contribution in [0.15, 0.2) is 18.2 Å². The largest absolute Gasteiger partial charge is 0.508 e. The highest BCUT2D eigenvalue weighted by Crippen LogP contribution is 2.19. The van der Waals surface area contributed by atoms with E-state index in [0.717, 1.165) is 18.2 Å². The molecule has 0 spiro atoms. The first-order chi connectivity index (χ1) is 7.54. The van der Waals surface area contributed by atoms with Gasteiger partial charge < -0.3 is 15.5 Å². The van der Waals surface area contributed by atoms with Crippen molar-refractivity contribution in [3.8, 4) is 5.75 Å². The zero-order chi connectivity index (χ0) is 12.1. The predicted octanol–water partition coefficient (Wildman–Crippen LogP) is 0.273. The number of amides is 1. The second-order valence-corrected chi connectivity index (χ2v) is 3.15. The van der Waals surface area contributed by atoms with Crippen LogP contribution in [0, 0.1) is 5.82 Å². The lowest BCUT2D eigenvalue weighted by Gasteiger charge is -2.12. The summed E-state index contributed by atoms with van der Waals surface area (Å²) in [7, 11) is 0. The van der Waals surface area contributed by atoms with Crippen molar-refractivity contribution >= 4 is 12.4 Å². The van der Waals surface area contributed by atoms with Gasteiger partial charge in [0.2, 0.25) is 6.41 Å². The Morgan fingerprint density at radius 2 is 2.25 bits per heavy atom. The van der Waals surface area contributed by atoms with Gasteiger partial charge in [0.05, 0.1) is 0 Å². The Morgan fingerprint density at radius 1 is 1.56 bits per heavy atom. The van der Waals surface area contributed by atoms with Gasteiger partial charge in [0.1, 0.15) is 17.6 Å². The van der Waals surface area contributed by atoms with Crippen LogP contribution in [-0.2, 0) is 16.0 Å². The SMILES string of the molecule is O=CNC(Cc1cc(F)ccc1O)C(=O)O. The fourth-order valence-electron chi connectivity index (χ4n) is 1.24. The quantitative estimate of drug-likeness (QED) is 0.630. The molecule has 5 nitrogen and oxygen atoms in total. The van der Waals surface area contributed by atoms with Crippen molar-refractivity contribution in [2.24, 2.45) is 0 Å². The van der Waals surface area contributed by atoms with E-state index in [1.807, 2.05) is 0 Å². The minimum atomic E-state index is -1.25. The van der Waals surface area contributed by atoms with E-state index in [1.54, 1.807) is 0 Å². The van der Waals surface area contributed by atoms with E-state index in [1.165, 1.54) is 0 Å². The normalized spacial score (nSPS) is 11.8. The summed E-state index contributed by atoms with van der Waals surface area (Å²) in [6.45, 7) is 0. The van der Waals surface area contributed by atoms with Crippen molar-refractivity contribution in [3.05, 3.63) is 29.6 Å². The Bertz CT molecular complexity index is 408. The van der Waals surface area contributed by atoms with Crippen molar-refractivity contribution in [1.29, 1.82) is 0 Å². The highest BCUT2D eigenvalue weighted by Gasteiger charge is 2.18. The van der Waals surface area contributed by atoms with E-state index in [-0.39, 0.29) is 24.1 Å². The summed E-state index contributed by atoms with van der Waals surface area (Å²) in [5.41, 5.74) is 0.127. The van der Waals surface area contributed by atoms with Crippen LogP contribution in [0.2, 0.25) is 0 Å². The first-order valence-electron chi connectivity index (χ1n) is 4.44. The maximum absolute atomic E-state index is 12.8. The molecular weight excluding hydrogens is 217 g/mol. The summed E-state index contributed by atoms with van der Waals surface area (Å²) in [6, 6.07) is 2.02. The first-order valence-corrected chi connectivity index (χ1v) is 4.44. The van der Waals surface area contributed by atoms with Crippen molar-refractivity contribution in [2.45, 2.75) is 12.5 Å². The van der Waals surface area contributed by atoms with Crippen molar-refractivity contribution in [1.82, 2.24) is 5.32 Å². The van der Waals surface area contributed by atoms with E-state index in [9.17, 15) is 19.1 Å². The molecule has 16 heavy (non-hydrogen) atoms. The summed E-state index contributed by atoms with van der Waals surface area (Å²) in [4.78, 5) is 20.8. The molecule has 0 fully saturated rings. The number of hydrogen-bond donors (Lipinski definition) is 3. The molecular formula is C10H10FNO4. The van der Waals surface area contributed by atoms with Gasteiger partial charge >= 0.3 is 5.97 Å². The van der Waals surface area contributed by atoms with Crippen LogP contribution in [0.4, 0.5) is 4.39 Å². The fraction of sp³-hybridized carbons (Fsp3) is 0.200. The number of carboxylic acids is 1. The molecule has 86 valence electrons. The topological polar surface area (TPSA) is 86.6 Å². The van der Waals surface area contributed by atoms with Gasteiger partial charge in [0.25, 0.3) is 0 Å². The monoisotopic (exact) mass is 227 g/mol. The number of benzene rings is 1. The molecule has 0 radical (unpaired) electrons. The van der Waals surface area contributed by atoms with E-state index in [0.29, 0.717) is 0 Å². The summed E-state index contributed by atoms with van der Waals surface area (Å²) < 4.78 is 12.8. The second kappa shape index (κ2) is 5.11. The Morgan fingerprint density at radius 3 is 2.81 bits per heavy atom. The van der Waals surface area contributed by atoms with Gasteiger partial charge in [0, 0.05) is 6.42 Å². The molecule has 0 saturated heterocycles. The summed E-state index contributed by atoms with van der Waals surface area (Å²) in [5.74, 6) is -2.04. The van der Waals surface area contributed by atoms with E-state index < -0.39 is 17.8 Å². The van der Waals surface area contributed by atoms with Gasteiger partial charge in [-0.05, 0) is 23.8 Å². The number of aromatic hydroxyl groups is 1. The highest BCUT2D eigenvalue weighted by molar-refractivity contribution is 5.76. The molecule has 1 atom stereocenters. The lowest BCUT2D eigenvalue weighted by atomic mass is 10.0. The summed E-state index contributed by atoms with van der Waals surface area (Å²) in [5, 5.41) is 20.2. The van der Waals surface area contributed by atoms with Crippen LogP contribution < -0.4 is 5.32 Å². The minimum Gasteiger partial charge on any atom is -0.508 e. The zero-order valence-electron chi connectivity index (χ0n) is 8.18. The lowest BCUT2D eigenvalue weighted by Crippen LogP contribution is -2.37. The molecule has 6 heteroatoms. The standard InChI is InChI=1S/C10H10FNO4/c11-7-1-2-9(14)6(3-7)4-8(10(15)16)12-5-13/h1-3,5,8,14H,4H2,(H,12,13)(H,15,16). The third-order valence-corrected chi connectivity index (χ3v) is 2.03. The van der Waals surface area contributed by atoms with E-state index in [2.05, 4.69) is 5.32 Å². The number of halogens is 1. The highest BCUT2D eigenvalue weighted by atomic mass is 19.1. The maximum Gasteiger partial charge on any atom is 0.326 e. The molecule has 0 saturated carbocycles. The molecule has 1 aromatic carbocycles. The molecule has 0 heterocycles. The fourth-order valence-corrected chi connectivity index (χ4v) is 1.24. The van der Waals surface area contributed by atoms with Crippen LogP contribution in [-0.4, -0.2) is 28.6 Å². The molecule has 3 N–H and O–H groups in total. The Labute approximate surface area is 90.5 Å².